The molecule has 1 heterocycles. The van der Waals surface area contributed by atoms with Crippen LogP contribution >= 0.6 is 11.3 Å². The van der Waals surface area contributed by atoms with Gasteiger partial charge in [-0.1, -0.05) is 35.6 Å². The molecule has 0 aliphatic heterocycles. The number of aryl methyl sites for hydroxylation is 1. The number of nitrogens with one attached hydrogen (secondary N) is 1. The van der Waals surface area contributed by atoms with E-state index in [1.807, 2.05) is 31.2 Å². The molecular formula is C12H14N4OS. The molecular weight excluding hydrogens is 248 g/mol. The first-order valence-corrected chi connectivity index (χ1v) is 6.37. The zero-order valence-electron chi connectivity index (χ0n) is 10.0. The third-order valence-corrected chi connectivity index (χ3v) is 3.12. The Hall–Kier alpha value is -1.79. The molecule has 94 valence electrons. The Kier molecular flexibility index (Phi) is 4.01. The number of aromatic nitrogens is 2. The number of carbonyl (C=O) groups excluding carboxylic acids is 1. The molecule has 0 unspecified atom stereocenters. The fourth-order valence-corrected chi connectivity index (χ4v) is 2.17. The maximum Gasteiger partial charge on any atom is 0.230 e. The summed E-state index contributed by atoms with van der Waals surface area (Å²) in [6.45, 7) is 2.32. The van der Waals surface area contributed by atoms with E-state index in [-0.39, 0.29) is 5.91 Å². The van der Waals surface area contributed by atoms with Crippen LogP contribution < -0.4 is 11.1 Å². The maximum atomic E-state index is 11.8. The Bertz CT molecular complexity index is 553. The number of amides is 1. The van der Waals surface area contributed by atoms with E-state index in [0.29, 0.717) is 18.1 Å². The summed E-state index contributed by atoms with van der Waals surface area (Å²) in [5.74, 6) is -0.0969. The molecule has 1 aromatic heterocycles. The maximum absolute atomic E-state index is 11.8. The highest BCUT2D eigenvalue weighted by molar-refractivity contribution is 7.15. The molecule has 0 saturated carbocycles. The highest BCUT2D eigenvalue weighted by Crippen LogP contribution is 2.14. The number of nitrogens with zero attached hydrogens (tertiary/aromatic N) is 2. The highest BCUT2D eigenvalue weighted by Gasteiger charge is 2.07. The van der Waals surface area contributed by atoms with Gasteiger partial charge in [0, 0.05) is 6.54 Å². The summed E-state index contributed by atoms with van der Waals surface area (Å²) in [7, 11) is 0. The van der Waals surface area contributed by atoms with Gasteiger partial charge in [-0.2, -0.15) is 0 Å². The summed E-state index contributed by atoms with van der Waals surface area (Å²) in [6.07, 6.45) is 0.312. The van der Waals surface area contributed by atoms with Crippen LogP contribution in [-0.4, -0.2) is 16.1 Å². The number of carbonyl (C=O) groups is 1. The molecule has 0 radical (unpaired) electrons. The predicted octanol–water partition coefficient (Wildman–Crippen LogP) is 1.49. The van der Waals surface area contributed by atoms with Crippen LogP contribution in [0.1, 0.15) is 16.1 Å². The Balaban J connectivity index is 1.98. The van der Waals surface area contributed by atoms with E-state index >= 15 is 0 Å². The number of hydrogen-bond acceptors (Lipinski definition) is 5. The van der Waals surface area contributed by atoms with Gasteiger partial charge in [-0.15, -0.1) is 10.2 Å². The standard InChI is InChI=1S/C12H14N4OS/c1-8-15-16-12(18-8)14-11(17)6-9-3-2-4-10(5-9)7-13/h2-5H,6-7,13H2,1H3,(H,14,16,17). The van der Waals surface area contributed by atoms with Gasteiger partial charge in [0.2, 0.25) is 11.0 Å². The van der Waals surface area contributed by atoms with E-state index in [1.54, 1.807) is 0 Å². The van der Waals surface area contributed by atoms with Crippen molar-refractivity contribution < 1.29 is 4.79 Å². The molecule has 0 atom stereocenters. The van der Waals surface area contributed by atoms with E-state index in [9.17, 15) is 4.79 Å². The number of hydrogen-bond donors (Lipinski definition) is 2. The van der Waals surface area contributed by atoms with Crippen molar-refractivity contribution in [3.8, 4) is 0 Å². The lowest BCUT2D eigenvalue weighted by molar-refractivity contribution is -0.115. The van der Waals surface area contributed by atoms with E-state index in [1.165, 1.54) is 11.3 Å². The number of benzene rings is 1. The van der Waals surface area contributed by atoms with E-state index in [4.69, 9.17) is 5.73 Å². The minimum atomic E-state index is -0.0969. The highest BCUT2D eigenvalue weighted by atomic mass is 32.1. The van der Waals surface area contributed by atoms with Crippen molar-refractivity contribution in [3.05, 3.63) is 40.4 Å². The van der Waals surface area contributed by atoms with E-state index < -0.39 is 0 Å². The minimum Gasteiger partial charge on any atom is -0.326 e. The predicted molar refractivity (Wildman–Crippen MR) is 71.3 cm³/mol. The van der Waals surface area contributed by atoms with Gasteiger partial charge in [0.05, 0.1) is 6.42 Å². The van der Waals surface area contributed by atoms with Crippen LogP contribution in [0.2, 0.25) is 0 Å². The molecule has 2 rings (SSSR count). The van der Waals surface area contributed by atoms with Gasteiger partial charge in [0.15, 0.2) is 0 Å². The summed E-state index contributed by atoms with van der Waals surface area (Å²) in [5.41, 5.74) is 7.52. The summed E-state index contributed by atoms with van der Waals surface area (Å²) in [6, 6.07) is 7.68. The van der Waals surface area contributed by atoms with Crippen molar-refractivity contribution >= 4 is 22.4 Å². The topological polar surface area (TPSA) is 80.9 Å². The Morgan fingerprint density at radius 2 is 2.17 bits per heavy atom. The van der Waals surface area contributed by atoms with Gasteiger partial charge in [-0.05, 0) is 18.1 Å². The molecule has 0 spiro atoms. The second-order valence-corrected chi connectivity index (χ2v) is 5.06. The molecule has 1 aromatic carbocycles. The molecule has 5 nitrogen and oxygen atoms in total. The fourth-order valence-electron chi connectivity index (χ4n) is 1.56. The van der Waals surface area contributed by atoms with Crippen LogP contribution in [0, 0.1) is 6.92 Å². The molecule has 3 N–H and O–H groups in total. The quantitative estimate of drug-likeness (QED) is 0.874. The van der Waals surface area contributed by atoms with Crippen molar-refractivity contribution in [1.29, 1.82) is 0 Å². The van der Waals surface area contributed by atoms with Crippen molar-refractivity contribution in [1.82, 2.24) is 10.2 Å². The number of anilines is 1. The molecule has 0 aliphatic rings. The summed E-state index contributed by atoms with van der Waals surface area (Å²) >= 11 is 1.36. The average molecular weight is 262 g/mol. The van der Waals surface area contributed by atoms with Crippen molar-refractivity contribution in [2.45, 2.75) is 19.9 Å². The number of rotatable bonds is 4. The van der Waals surface area contributed by atoms with Gasteiger partial charge in [-0.3, -0.25) is 4.79 Å². The lowest BCUT2D eigenvalue weighted by Gasteiger charge is -2.03. The average Bonchev–Trinajstić information content (AvgIpc) is 2.74. The molecule has 0 bridgehead atoms. The lowest BCUT2D eigenvalue weighted by atomic mass is 10.1. The van der Waals surface area contributed by atoms with Crippen LogP contribution in [0.5, 0.6) is 0 Å². The van der Waals surface area contributed by atoms with Crippen LogP contribution in [0.3, 0.4) is 0 Å². The van der Waals surface area contributed by atoms with Crippen LogP contribution in [0.25, 0.3) is 0 Å². The van der Waals surface area contributed by atoms with Gasteiger partial charge in [-0.25, -0.2) is 0 Å². The van der Waals surface area contributed by atoms with Crippen molar-refractivity contribution in [3.63, 3.8) is 0 Å². The second kappa shape index (κ2) is 5.70. The smallest absolute Gasteiger partial charge is 0.230 e. The Morgan fingerprint density at radius 3 is 2.83 bits per heavy atom. The second-order valence-electron chi connectivity index (χ2n) is 3.88. The molecule has 18 heavy (non-hydrogen) atoms. The van der Waals surface area contributed by atoms with Crippen molar-refractivity contribution in [2.24, 2.45) is 5.73 Å². The zero-order chi connectivity index (χ0) is 13.0. The SMILES string of the molecule is Cc1nnc(NC(=O)Cc2cccc(CN)c2)s1. The first kappa shape index (κ1) is 12.7. The third-order valence-electron chi connectivity index (χ3n) is 2.36. The molecule has 1 amide bonds. The lowest BCUT2D eigenvalue weighted by Crippen LogP contribution is -2.14. The zero-order valence-corrected chi connectivity index (χ0v) is 10.8. The van der Waals surface area contributed by atoms with Gasteiger partial charge < -0.3 is 11.1 Å². The van der Waals surface area contributed by atoms with Gasteiger partial charge >= 0.3 is 0 Å². The normalized spacial score (nSPS) is 10.3. The molecule has 0 saturated heterocycles. The van der Waals surface area contributed by atoms with Crippen LogP contribution in [-0.2, 0) is 17.8 Å². The summed E-state index contributed by atoms with van der Waals surface area (Å²) in [4.78, 5) is 11.8. The molecule has 2 aromatic rings. The number of nitrogens with two attached hydrogens (primary N) is 1. The largest absolute Gasteiger partial charge is 0.326 e. The fraction of sp³-hybridized carbons (Fsp3) is 0.250. The summed E-state index contributed by atoms with van der Waals surface area (Å²) in [5, 5.41) is 11.8. The molecule has 0 fully saturated rings. The van der Waals surface area contributed by atoms with E-state index in [2.05, 4.69) is 15.5 Å². The van der Waals surface area contributed by atoms with Gasteiger partial charge in [0.1, 0.15) is 5.01 Å². The van der Waals surface area contributed by atoms with E-state index in [0.717, 1.165) is 16.1 Å². The Labute approximate surface area is 109 Å². The van der Waals surface area contributed by atoms with Crippen LogP contribution in [0.4, 0.5) is 5.13 Å². The molecule has 6 heteroatoms. The monoisotopic (exact) mass is 262 g/mol. The molecule has 0 aliphatic carbocycles. The minimum absolute atomic E-state index is 0.0969. The first-order chi connectivity index (χ1) is 8.67. The Morgan fingerprint density at radius 1 is 1.39 bits per heavy atom. The van der Waals surface area contributed by atoms with Gasteiger partial charge in [0.25, 0.3) is 0 Å². The van der Waals surface area contributed by atoms with Crippen molar-refractivity contribution in [2.75, 3.05) is 5.32 Å². The first-order valence-electron chi connectivity index (χ1n) is 5.55. The third kappa shape index (κ3) is 3.35. The summed E-state index contributed by atoms with van der Waals surface area (Å²) < 4.78 is 0. The van der Waals surface area contributed by atoms with Crippen LogP contribution in [0.15, 0.2) is 24.3 Å².